The maximum absolute atomic E-state index is 12.6. The van der Waals surface area contributed by atoms with E-state index in [9.17, 15) is 9.59 Å². The lowest BCUT2D eigenvalue weighted by Crippen LogP contribution is -2.41. The lowest BCUT2D eigenvalue weighted by molar-refractivity contribution is -0.121. The van der Waals surface area contributed by atoms with E-state index in [1.807, 2.05) is 0 Å². The molecule has 1 aliphatic rings. The second kappa shape index (κ2) is 7.54. The number of nitrogens with one attached hydrogen (secondary N) is 1. The third-order valence-corrected chi connectivity index (χ3v) is 5.12. The minimum absolute atomic E-state index is 0.0824. The van der Waals surface area contributed by atoms with Gasteiger partial charge in [-0.05, 0) is 34.8 Å². The summed E-state index contributed by atoms with van der Waals surface area (Å²) in [7, 11) is 0. The Balaban J connectivity index is 1.59. The average Bonchev–Trinajstić information content (AvgIpc) is 3.09. The maximum atomic E-state index is 12.6. The predicted molar refractivity (Wildman–Crippen MR) is 94.1 cm³/mol. The number of carbonyl (C=O) groups excluding carboxylic acids is 2. The molecule has 0 bridgehead atoms. The Morgan fingerprint density at radius 3 is 2.79 bits per heavy atom. The van der Waals surface area contributed by atoms with E-state index in [4.69, 9.17) is 11.6 Å². The zero-order valence-corrected chi connectivity index (χ0v) is 15.6. The summed E-state index contributed by atoms with van der Waals surface area (Å²) in [6.07, 6.45) is 2.73. The van der Waals surface area contributed by atoms with Crippen LogP contribution in [-0.2, 0) is 4.79 Å². The molecule has 0 aromatic carbocycles. The van der Waals surface area contributed by atoms with E-state index in [-0.39, 0.29) is 22.9 Å². The zero-order chi connectivity index (χ0) is 17.1. The third-order valence-electron chi connectivity index (χ3n) is 3.78. The van der Waals surface area contributed by atoms with Crippen molar-refractivity contribution < 1.29 is 9.59 Å². The molecular formula is C14H13BrClN5O2S. The molecule has 1 aliphatic heterocycles. The SMILES string of the molecule is O=C(Nc1nncs1)C1CCN(C(=O)c2cc(Br)cnc2Cl)CC1. The van der Waals surface area contributed by atoms with Gasteiger partial charge in [-0.25, -0.2) is 4.98 Å². The molecule has 2 amide bonds. The number of likely N-dealkylation sites (tertiary alicyclic amines) is 1. The minimum Gasteiger partial charge on any atom is -0.339 e. The fourth-order valence-corrected chi connectivity index (χ4v) is 3.49. The minimum atomic E-state index is -0.170. The summed E-state index contributed by atoms with van der Waals surface area (Å²) in [5.74, 6) is -0.396. The van der Waals surface area contributed by atoms with E-state index < -0.39 is 0 Å². The number of amides is 2. The van der Waals surface area contributed by atoms with Gasteiger partial charge in [-0.1, -0.05) is 22.9 Å². The average molecular weight is 431 g/mol. The monoisotopic (exact) mass is 429 g/mol. The van der Waals surface area contributed by atoms with Crippen LogP contribution in [0.25, 0.3) is 0 Å². The normalized spacial score (nSPS) is 15.3. The molecule has 1 saturated heterocycles. The van der Waals surface area contributed by atoms with Gasteiger partial charge in [0, 0.05) is 29.7 Å². The molecule has 0 saturated carbocycles. The summed E-state index contributed by atoms with van der Waals surface area (Å²) in [4.78, 5) is 30.4. The number of anilines is 1. The van der Waals surface area contributed by atoms with Gasteiger partial charge in [-0.3, -0.25) is 9.59 Å². The van der Waals surface area contributed by atoms with Gasteiger partial charge in [0.2, 0.25) is 11.0 Å². The number of carbonyl (C=O) groups is 2. The van der Waals surface area contributed by atoms with Crippen LogP contribution in [0, 0.1) is 5.92 Å². The third kappa shape index (κ3) is 3.90. The van der Waals surface area contributed by atoms with Gasteiger partial charge in [0.1, 0.15) is 10.7 Å². The molecule has 10 heteroatoms. The summed E-state index contributed by atoms with van der Waals surface area (Å²) < 4.78 is 0.696. The predicted octanol–water partition coefficient (Wildman–Crippen LogP) is 2.84. The highest BCUT2D eigenvalue weighted by Gasteiger charge is 2.29. The molecular weight excluding hydrogens is 418 g/mol. The topological polar surface area (TPSA) is 88.1 Å². The van der Waals surface area contributed by atoms with Crippen molar-refractivity contribution in [1.29, 1.82) is 0 Å². The number of hydrogen-bond acceptors (Lipinski definition) is 6. The van der Waals surface area contributed by atoms with Crippen molar-refractivity contribution in [2.24, 2.45) is 5.92 Å². The van der Waals surface area contributed by atoms with Crippen molar-refractivity contribution in [3.8, 4) is 0 Å². The van der Waals surface area contributed by atoms with Crippen LogP contribution < -0.4 is 5.32 Å². The Bertz CT molecular complexity index is 750. The van der Waals surface area contributed by atoms with Crippen LogP contribution in [0.4, 0.5) is 5.13 Å². The number of aromatic nitrogens is 3. The number of halogens is 2. The van der Waals surface area contributed by atoms with Gasteiger partial charge in [0.05, 0.1) is 5.56 Å². The molecule has 0 radical (unpaired) electrons. The highest BCUT2D eigenvalue weighted by Crippen LogP contribution is 2.24. The van der Waals surface area contributed by atoms with Crippen LogP contribution >= 0.6 is 38.9 Å². The van der Waals surface area contributed by atoms with E-state index in [2.05, 4.69) is 36.4 Å². The molecule has 2 aromatic rings. The number of hydrogen-bond donors (Lipinski definition) is 1. The van der Waals surface area contributed by atoms with Crippen LogP contribution in [0.15, 0.2) is 22.2 Å². The van der Waals surface area contributed by atoms with Crippen molar-refractivity contribution in [1.82, 2.24) is 20.1 Å². The van der Waals surface area contributed by atoms with Crippen LogP contribution in [-0.4, -0.2) is 45.0 Å². The van der Waals surface area contributed by atoms with Gasteiger partial charge in [0.15, 0.2) is 0 Å². The highest BCUT2D eigenvalue weighted by molar-refractivity contribution is 9.10. The largest absolute Gasteiger partial charge is 0.339 e. The lowest BCUT2D eigenvalue weighted by Gasteiger charge is -2.31. The van der Waals surface area contributed by atoms with Gasteiger partial charge in [-0.2, -0.15) is 0 Å². The fraction of sp³-hybridized carbons (Fsp3) is 0.357. The molecule has 2 aromatic heterocycles. The molecule has 1 fully saturated rings. The van der Waals surface area contributed by atoms with E-state index >= 15 is 0 Å². The summed E-state index contributed by atoms with van der Waals surface area (Å²) in [5.41, 5.74) is 1.93. The molecule has 7 nitrogen and oxygen atoms in total. The Morgan fingerprint density at radius 2 is 2.12 bits per heavy atom. The van der Waals surface area contributed by atoms with E-state index in [1.165, 1.54) is 11.3 Å². The molecule has 1 N–H and O–H groups in total. The molecule has 3 rings (SSSR count). The molecule has 0 aliphatic carbocycles. The van der Waals surface area contributed by atoms with Crippen LogP contribution in [0.1, 0.15) is 23.2 Å². The second-order valence-electron chi connectivity index (χ2n) is 5.29. The smallest absolute Gasteiger partial charge is 0.257 e. The van der Waals surface area contributed by atoms with Crippen molar-refractivity contribution >= 4 is 55.8 Å². The van der Waals surface area contributed by atoms with E-state index in [0.29, 0.717) is 41.1 Å². The van der Waals surface area contributed by atoms with Crippen molar-refractivity contribution in [2.45, 2.75) is 12.8 Å². The quantitative estimate of drug-likeness (QED) is 0.757. The Kier molecular flexibility index (Phi) is 5.42. The molecule has 0 unspecified atom stereocenters. The molecule has 0 spiro atoms. The second-order valence-corrected chi connectivity index (χ2v) is 7.40. The first-order chi connectivity index (χ1) is 11.5. The first kappa shape index (κ1) is 17.2. The lowest BCUT2D eigenvalue weighted by atomic mass is 9.95. The first-order valence-corrected chi connectivity index (χ1v) is 9.27. The molecule has 3 heterocycles. The van der Waals surface area contributed by atoms with Crippen molar-refractivity contribution in [3.63, 3.8) is 0 Å². The number of piperidine rings is 1. The van der Waals surface area contributed by atoms with Crippen molar-refractivity contribution in [3.05, 3.63) is 33.0 Å². The highest BCUT2D eigenvalue weighted by atomic mass is 79.9. The summed E-state index contributed by atoms with van der Waals surface area (Å²) in [6, 6.07) is 1.66. The van der Waals surface area contributed by atoms with Crippen LogP contribution in [0.2, 0.25) is 5.15 Å². The van der Waals surface area contributed by atoms with Gasteiger partial charge >= 0.3 is 0 Å². The Hall–Kier alpha value is -1.58. The maximum Gasteiger partial charge on any atom is 0.257 e. The van der Waals surface area contributed by atoms with Gasteiger partial charge in [-0.15, -0.1) is 10.2 Å². The zero-order valence-electron chi connectivity index (χ0n) is 12.4. The van der Waals surface area contributed by atoms with E-state index in [0.717, 1.165) is 0 Å². The van der Waals surface area contributed by atoms with Gasteiger partial charge in [0.25, 0.3) is 5.91 Å². The number of nitrogens with zero attached hydrogens (tertiary/aromatic N) is 4. The number of pyridine rings is 1. The van der Waals surface area contributed by atoms with Crippen LogP contribution in [0.3, 0.4) is 0 Å². The Morgan fingerprint density at radius 1 is 1.38 bits per heavy atom. The summed E-state index contributed by atoms with van der Waals surface area (Å²) >= 11 is 10.6. The van der Waals surface area contributed by atoms with Gasteiger partial charge < -0.3 is 10.2 Å². The molecule has 24 heavy (non-hydrogen) atoms. The first-order valence-electron chi connectivity index (χ1n) is 7.22. The standard InChI is InChI=1S/C14H13BrClN5O2S/c15-9-5-10(11(16)17-6-9)13(23)21-3-1-8(2-4-21)12(22)19-14-20-18-7-24-14/h5-8H,1-4H2,(H,19,20,22). The summed E-state index contributed by atoms with van der Waals surface area (Å²) in [6.45, 7) is 0.992. The van der Waals surface area contributed by atoms with Crippen molar-refractivity contribution in [2.75, 3.05) is 18.4 Å². The van der Waals surface area contributed by atoms with Crippen LogP contribution in [0.5, 0.6) is 0 Å². The fourth-order valence-electron chi connectivity index (χ4n) is 2.52. The molecule has 126 valence electrons. The number of rotatable bonds is 3. The van der Waals surface area contributed by atoms with E-state index in [1.54, 1.807) is 22.7 Å². The molecule has 0 atom stereocenters. The Labute approximate surface area is 155 Å². The summed E-state index contributed by atoms with van der Waals surface area (Å²) in [5, 5.41) is 10.9.